The standard InChI is InChI=1S/C19H20IN5/c1-12(2)13-3-5-15(6-4-13)18-11-17(14-7-9-16(20)10-8-14)21-19-22-23-24-25(18)19/h3-10,12,17-18H,11H2,1-2H3,(H,21,22,24)/t17-,18+/m0/s1. The fourth-order valence-corrected chi connectivity index (χ4v) is 3.69. The summed E-state index contributed by atoms with van der Waals surface area (Å²) in [6.07, 6.45) is 0.916. The molecule has 2 heterocycles. The molecular formula is C19H20IN5. The minimum Gasteiger partial charge on any atom is -0.346 e. The highest BCUT2D eigenvalue weighted by Crippen LogP contribution is 2.37. The van der Waals surface area contributed by atoms with Crippen LogP contribution in [0.15, 0.2) is 48.5 Å². The van der Waals surface area contributed by atoms with Crippen molar-refractivity contribution >= 4 is 28.5 Å². The third-order valence-corrected chi connectivity index (χ3v) is 5.53. The van der Waals surface area contributed by atoms with Gasteiger partial charge in [-0.15, -0.1) is 0 Å². The summed E-state index contributed by atoms with van der Waals surface area (Å²) < 4.78 is 3.14. The van der Waals surface area contributed by atoms with E-state index < -0.39 is 0 Å². The number of rotatable bonds is 3. The van der Waals surface area contributed by atoms with E-state index in [2.05, 4.69) is 106 Å². The van der Waals surface area contributed by atoms with Gasteiger partial charge in [-0.05, 0) is 74.2 Å². The molecule has 5 nitrogen and oxygen atoms in total. The Balaban J connectivity index is 1.68. The van der Waals surface area contributed by atoms with E-state index in [0.717, 1.165) is 12.4 Å². The van der Waals surface area contributed by atoms with Crippen LogP contribution in [0.5, 0.6) is 0 Å². The Hall–Kier alpha value is -1.96. The second kappa shape index (κ2) is 6.74. The van der Waals surface area contributed by atoms with Crippen LogP contribution in [0.2, 0.25) is 0 Å². The number of nitrogens with one attached hydrogen (secondary N) is 1. The highest BCUT2D eigenvalue weighted by Gasteiger charge is 2.30. The van der Waals surface area contributed by atoms with E-state index in [1.807, 2.05) is 4.68 Å². The van der Waals surface area contributed by atoms with E-state index in [4.69, 9.17) is 0 Å². The minimum atomic E-state index is 0.136. The fourth-order valence-electron chi connectivity index (χ4n) is 3.33. The first-order chi connectivity index (χ1) is 12.1. The van der Waals surface area contributed by atoms with Crippen LogP contribution in [0.25, 0.3) is 0 Å². The molecule has 0 fully saturated rings. The largest absolute Gasteiger partial charge is 0.346 e. The summed E-state index contributed by atoms with van der Waals surface area (Å²) in [7, 11) is 0. The lowest BCUT2D eigenvalue weighted by atomic mass is 9.92. The number of aromatic nitrogens is 4. The molecule has 6 heteroatoms. The molecule has 25 heavy (non-hydrogen) atoms. The lowest BCUT2D eigenvalue weighted by Gasteiger charge is -2.31. The van der Waals surface area contributed by atoms with Gasteiger partial charge in [0, 0.05) is 3.57 Å². The average Bonchev–Trinajstić information content (AvgIpc) is 3.10. The highest BCUT2D eigenvalue weighted by atomic mass is 127. The lowest BCUT2D eigenvalue weighted by Crippen LogP contribution is -2.28. The first kappa shape index (κ1) is 16.5. The second-order valence-electron chi connectivity index (χ2n) is 6.77. The summed E-state index contributed by atoms with van der Waals surface area (Å²) in [4.78, 5) is 0. The summed E-state index contributed by atoms with van der Waals surface area (Å²) in [5.41, 5.74) is 3.86. The lowest BCUT2D eigenvalue weighted by molar-refractivity contribution is 0.423. The number of fused-ring (bicyclic) bond motifs is 1. The maximum Gasteiger partial charge on any atom is 0.243 e. The van der Waals surface area contributed by atoms with Gasteiger partial charge in [-0.1, -0.05) is 55.3 Å². The van der Waals surface area contributed by atoms with Crippen molar-refractivity contribution in [3.05, 3.63) is 68.8 Å². The second-order valence-corrected chi connectivity index (χ2v) is 8.01. The Morgan fingerprint density at radius 3 is 2.40 bits per heavy atom. The Morgan fingerprint density at radius 2 is 1.72 bits per heavy atom. The van der Waals surface area contributed by atoms with E-state index in [0.29, 0.717) is 5.92 Å². The van der Waals surface area contributed by atoms with Crippen LogP contribution in [0.1, 0.15) is 55.0 Å². The number of nitrogens with zero attached hydrogens (tertiary/aromatic N) is 4. The van der Waals surface area contributed by atoms with Gasteiger partial charge < -0.3 is 5.32 Å². The van der Waals surface area contributed by atoms with Crippen molar-refractivity contribution in [2.45, 2.75) is 38.3 Å². The topological polar surface area (TPSA) is 55.6 Å². The van der Waals surface area contributed by atoms with Crippen LogP contribution in [0, 0.1) is 3.57 Å². The van der Waals surface area contributed by atoms with Gasteiger partial charge >= 0.3 is 0 Å². The number of hydrogen-bond acceptors (Lipinski definition) is 4. The van der Waals surface area contributed by atoms with Crippen molar-refractivity contribution in [2.75, 3.05) is 5.32 Å². The molecule has 1 aliphatic rings. The summed E-state index contributed by atoms with van der Waals surface area (Å²) in [6, 6.07) is 17.8. The van der Waals surface area contributed by atoms with Crippen LogP contribution < -0.4 is 5.32 Å². The number of tetrazole rings is 1. The summed E-state index contributed by atoms with van der Waals surface area (Å²) >= 11 is 2.33. The molecule has 4 rings (SSSR count). The summed E-state index contributed by atoms with van der Waals surface area (Å²) in [6.45, 7) is 4.43. The van der Waals surface area contributed by atoms with E-state index in [1.54, 1.807) is 0 Å². The molecule has 0 bridgehead atoms. The van der Waals surface area contributed by atoms with E-state index >= 15 is 0 Å². The Bertz CT molecular complexity index is 854. The molecule has 0 saturated heterocycles. The van der Waals surface area contributed by atoms with Crippen molar-refractivity contribution in [3.8, 4) is 0 Å². The highest BCUT2D eigenvalue weighted by molar-refractivity contribution is 14.1. The molecule has 0 radical (unpaired) electrons. The van der Waals surface area contributed by atoms with Gasteiger partial charge in [0.05, 0.1) is 12.1 Å². The average molecular weight is 445 g/mol. The van der Waals surface area contributed by atoms with Crippen LogP contribution >= 0.6 is 22.6 Å². The SMILES string of the molecule is CC(C)c1ccc([C@H]2C[C@@H](c3ccc(I)cc3)Nc3nnnn32)cc1. The van der Waals surface area contributed by atoms with Gasteiger partial charge in [-0.25, -0.2) is 4.68 Å². The molecule has 0 unspecified atom stereocenters. The molecule has 1 aromatic heterocycles. The number of halogens is 1. The quantitative estimate of drug-likeness (QED) is 0.602. The van der Waals surface area contributed by atoms with Gasteiger partial charge in [0.25, 0.3) is 0 Å². The molecular weight excluding hydrogens is 425 g/mol. The molecule has 2 aromatic carbocycles. The van der Waals surface area contributed by atoms with E-state index in [9.17, 15) is 0 Å². The molecule has 1 aliphatic heterocycles. The third-order valence-electron chi connectivity index (χ3n) is 4.81. The zero-order chi connectivity index (χ0) is 17.4. The summed E-state index contributed by atoms with van der Waals surface area (Å²) in [5.74, 6) is 1.26. The van der Waals surface area contributed by atoms with E-state index in [1.165, 1.54) is 20.3 Å². The Labute approximate surface area is 161 Å². The van der Waals surface area contributed by atoms with Gasteiger partial charge in [-0.2, -0.15) is 0 Å². The predicted molar refractivity (Wildman–Crippen MR) is 107 cm³/mol. The van der Waals surface area contributed by atoms with Crippen LogP contribution in [-0.4, -0.2) is 20.2 Å². The molecule has 0 saturated carbocycles. The maximum atomic E-state index is 4.21. The smallest absolute Gasteiger partial charge is 0.243 e. The van der Waals surface area contributed by atoms with Crippen LogP contribution in [-0.2, 0) is 0 Å². The molecule has 1 N–H and O–H groups in total. The van der Waals surface area contributed by atoms with Crippen molar-refractivity contribution in [2.24, 2.45) is 0 Å². The maximum absolute atomic E-state index is 4.21. The summed E-state index contributed by atoms with van der Waals surface area (Å²) in [5, 5.41) is 15.7. The van der Waals surface area contributed by atoms with Crippen LogP contribution in [0.4, 0.5) is 5.95 Å². The monoisotopic (exact) mass is 445 g/mol. The minimum absolute atomic E-state index is 0.136. The first-order valence-corrected chi connectivity index (χ1v) is 9.59. The zero-order valence-corrected chi connectivity index (χ0v) is 16.4. The molecule has 0 amide bonds. The normalized spacial score (nSPS) is 19.5. The Morgan fingerprint density at radius 1 is 1.04 bits per heavy atom. The molecule has 3 aromatic rings. The fraction of sp³-hybridized carbons (Fsp3) is 0.316. The van der Waals surface area contributed by atoms with Crippen molar-refractivity contribution < 1.29 is 0 Å². The number of hydrogen-bond donors (Lipinski definition) is 1. The molecule has 0 aliphatic carbocycles. The molecule has 0 spiro atoms. The first-order valence-electron chi connectivity index (χ1n) is 8.51. The van der Waals surface area contributed by atoms with E-state index in [-0.39, 0.29) is 12.1 Å². The van der Waals surface area contributed by atoms with Crippen molar-refractivity contribution in [1.82, 2.24) is 20.2 Å². The number of benzene rings is 2. The third kappa shape index (κ3) is 3.27. The predicted octanol–water partition coefficient (Wildman–Crippen LogP) is 4.55. The van der Waals surface area contributed by atoms with Gasteiger partial charge in [0.1, 0.15) is 0 Å². The van der Waals surface area contributed by atoms with Gasteiger partial charge in [0.2, 0.25) is 5.95 Å². The zero-order valence-electron chi connectivity index (χ0n) is 14.2. The van der Waals surface area contributed by atoms with Crippen molar-refractivity contribution in [1.29, 1.82) is 0 Å². The molecule has 128 valence electrons. The van der Waals surface area contributed by atoms with Gasteiger partial charge in [-0.3, -0.25) is 0 Å². The van der Waals surface area contributed by atoms with Crippen LogP contribution in [0.3, 0.4) is 0 Å². The van der Waals surface area contributed by atoms with Gasteiger partial charge in [0.15, 0.2) is 0 Å². The number of anilines is 1. The van der Waals surface area contributed by atoms with Crippen molar-refractivity contribution in [3.63, 3.8) is 0 Å². The Kier molecular flexibility index (Phi) is 4.45. The molecule has 2 atom stereocenters.